The number of piperidine rings is 1. The summed E-state index contributed by atoms with van der Waals surface area (Å²) in [5, 5.41) is 3.29. The Balaban J connectivity index is 2.18. The van der Waals surface area contributed by atoms with Crippen LogP contribution in [-0.2, 0) is 10.0 Å². The van der Waals surface area contributed by atoms with Crippen molar-refractivity contribution in [2.75, 3.05) is 20.1 Å². The Morgan fingerprint density at radius 1 is 1.53 bits per heavy atom. The molecular weight excluding hydrogens is 348 g/mol. The van der Waals surface area contributed by atoms with E-state index in [2.05, 4.69) is 28.2 Å². The topological polar surface area (TPSA) is 49.4 Å². The molecule has 19 heavy (non-hydrogen) atoms. The van der Waals surface area contributed by atoms with Crippen molar-refractivity contribution in [3.63, 3.8) is 0 Å². The summed E-state index contributed by atoms with van der Waals surface area (Å²) in [6.45, 7) is 3.33. The molecule has 1 aromatic heterocycles. The summed E-state index contributed by atoms with van der Waals surface area (Å²) in [7, 11) is -1.37. The first-order chi connectivity index (χ1) is 8.98. The molecule has 1 aliphatic heterocycles. The second-order valence-corrected chi connectivity index (χ2v) is 9.40. The first-order valence-electron chi connectivity index (χ1n) is 6.41. The number of nitrogens with zero attached hydrogens (tertiary/aromatic N) is 1. The van der Waals surface area contributed by atoms with E-state index in [0.29, 0.717) is 29.3 Å². The third-order valence-corrected chi connectivity index (χ3v) is 7.69. The minimum Gasteiger partial charge on any atom is -0.317 e. The highest BCUT2D eigenvalue weighted by Gasteiger charge is 2.34. The lowest BCUT2D eigenvalue weighted by Gasteiger charge is -2.37. The van der Waals surface area contributed by atoms with Crippen LogP contribution in [0.5, 0.6) is 0 Å². The van der Waals surface area contributed by atoms with E-state index in [1.54, 1.807) is 16.4 Å². The highest BCUT2D eigenvalue weighted by atomic mass is 79.9. The molecule has 1 aliphatic rings. The second-order valence-electron chi connectivity index (χ2n) is 4.77. The summed E-state index contributed by atoms with van der Waals surface area (Å²) in [5.74, 6) is 0.386. The van der Waals surface area contributed by atoms with Gasteiger partial charge in [-0.3, -0.25) is 0 Å². The molecule has 0 aromatic carbocycles. The quantitative estimate of drug-likeness (QED) is 0.890. The van der Waals surface area contributed by atoms with Gasteiger partial charge in [-0.1, -0.05) is 13.3 Å². The van der Waals surface area contributed by atoms with Crippen molar-refractivity contribution in [2.45, 2.75) is 30.0 Å². The third-order valence-electron chi connectivity index (χ3n) is 3.73. The van der Waals surface area contributed by atoms with Gasteiger partial charge in [0.05, 0.1) is 3.79 Å². The molecule has 1 aromatic rings. The molecule has 0 aliphatic carbocycles. The maximum Gasteiger partial charge on any atom is 0.252 e. The van der Waals surface area contributed by atoms with Crippen LogP contribution in [0.15, 0.2) is 20.1 Å². The van der Waals surface area contributed by atoms with E-state index in [1.807, 2.05) is 7.05 Å². The zero-order valence-corrected chi connectivity index (χ0v) is 14.3. The van der Waals surface area contributed by atoms with Crippen LogP contribution in [0.4, 0.5) is 0 Å². The summed E-state index contributed by atoms with van der Waals surface area (Å²) in [6, 6.07) is 3.89. The van der Waals surface area contributed by atoms with Crippen molar-refractivity contribution < 1.29 is 8.42 Å². The van der Waals surface area contributed by atoms with Crippen LogP contribution in [0.2, 0.25) is 0 Å². The van der Waals surface area contributed by atoms with Crippen molar-refractivity contribution in [1.29, 1.82) is 0 Å². The van der Waals surface area contributed by atoms with Crippen molar-refractivity contribution in [2.24, 2.45) is 5.92 Å². The molecule has 2 rings (SSSR count). The van der Waals surface area contributed by atoms with Crippen LogP contribution in [-0.4, -0.2) is 38.9 Å². The molecule has 2 atom stereocenters. The molecule has 108 valence electrons. The maximum absolute atomic E-state index is 12.6. The summed E-state index contributed by atoms with van der Waals surface area (Å²) in [6.07, 6.45) is 1.87. The molecule has 1 saturated heterocycles. The molecule has 0 amide bonds. The van der Waals surface area contributed by atoms with Gasteiger partial charge < -0.3 is 5.32 Å². The van der Waals surface area contributed by atoms with Gasteiger partial charge in [0.25, 0.3) is 10.0 Å². The van der Waals surface area contributed by atoms with Crippen molar-refractivity contribution in [1.82, 2.24) is 9.62 Å². The second kappa shape index (κ2) is 6.22. The fourth-order valence-corrected chi connectivity index (χ4v) is 6.25. The zero-order chi connectivity index (χ0) is 14.0. The van der Waals surface area contributed by atoms with Gasteiger partial charge in [-0.25, -0.2) is 8.42 Å². The molecule has 1 fully saturated rings. The summed E-state index contributed by atoms with van der Waals surface area (Å²) in [5.41, 5.74) is 0. The number of hydrogen-bond donors (Lipinski definition) is 1. The van der Waals surface area contributed by atoms with Crippen LogP contribution in [0, 0.1) is 5.92 Å². The summed E-state index contributed by atoms with van der Waals surface area (Å²) >= 11 is 4.60. The van der Waals surface area contributed by atoms with E-state index in [1.165, 1.54) is 11.3 Å². The first-order valence-corrected chi connectivity index (χ1v) is 9.46. The van der Waals surface area contributed by atoms with Gasteiger partial charge in [0, 0.05) is 19.1 Å². The summed E-state index contributed by atoms with van der Waals surface area (Å²) in [4.78, 5) is 0. The largest absolute Gasteiger partial charge is 0.317 e. The Labute approximate surface area is 127 Å². The van der Waals surface area contributed by atoms with Gasteiger partial charge in [0.2, 0.25) is 0 Å². The van der Waals surface area contributed by atoms with Gasteiger partial charge in [0.15, 0.2) is 0 Å². The van der Waals surface area contributed by atoms with E-state index >= 15 is 0 Å². The number of hydrogen-bond acceptors (Lipinski definition) is 4. The van der Waals surface area contributed by atoms with Gasteiger partial charge in [-0.2, -0.15) is 4.31 Å². The standard InChI is InChI=1S/C12H19BrN2O2S2/c1-3-9-8-15(7-6-10(9)14-2)19(16,17)12-5-4-11(13)18-12/h4-5,9-10,14H,3,6-8H2,1-2H3. The smallest absolute Gasteiger partial charge is 0.252 e. The average molecular weight is 367 g/mol. The van der Waals surface area contributed by atoms with Gasteiger partial charge >= 0.3 is 0 Å². The minimum absolute atomic E-state index is 0.386. The summed E-state index contributed by atoms with van der Waals surface area (Å²) < 4.78 is 28.0. The van der Waals surface area contributed by atoms with Gasteiger partial charge in [-0.15, -0.1) is 11.3 Å². The minimum atomic E-state index is -3.32. The Bertz CT molecular complexity index is 530. The molecule has 0 radical (unpaired) electrons. The van der Waals surface area contributed by atoms with Crippen LogP contribution in [0.1, 0.15) is 19.8 Å². The third kappa shape index (κ3) is 3.21. The maximum atomic E-state index is 12.6. The van der Waals surface area contributed by atoms with E-state index in [0.717, 1.165) is 16.6 Å². The molecule has 2 heterocycles. The van der Waals surface area contributed by atoms with Crippen molar-refractivity contribution in [3.05, 3.63) is 15.9 Å². The van der Waals surface area contributed by atoms with Crippen molar-refractivity contribution >= 4 is 37.3 Å². The fourth-order valence-electron chi connectivity index (χ4n) is 2.57. The predicted octanol–water partition coefficient (Wildman–Crippen LogP) is 2.52. The lowest BCUT2D eigenvalue weighted by atomic mass is 9.91. The molecule has 0 saturated carbocycles. The molecular formula is C12H19BrN2O2S2. The van der Waals surface area contributed by atoms with E-state index in [-0.39, 0.29) is 0 Å². The fraction of sp³-hybridized carbons (Fsp3) is 0.667. The molecule has 1 N–H and O–H groups in total. The van der Waals surface area contributed by atoms with E-state index < -0.39 is 10.0 Å². The number of thiophene rings is 1. The molecule has 0 spiro atoms. The Hall–Kier alpha value is 0.0500. The Kier molecular flexibility index (Phi) is 5.05. The first kappa shape index (κ1) is 15.4. The SMILES string of the molecule is CCC1CN(S(=O)(=O)c2ccc(Br)s2)CCC1NC. The monoisotopic (exact) mass is 366 g/mol. The number of halogens is 1. The number of sulfonamides is 1. The van der Waals surface area contributed by atoms with Gasteiger partial charge in [-0.05, 0) is 47.4 Å². The van der Waals surface area contributed by atoms with E-state index in [9.17, 15) is 8.42 Å². The normalized spacial score (nSPS) is 25.6. The predicted molar refractivity (Wildman–Crippen MR) is 82.0 cm³/mol. The van der Waals surface area contributed by atoms with Gasteiger partial charge in [0.1, 0.15) is 4.21 Å². The zero-order valence-electron chi connectivity index (χ0n) is 11.1. The van der Waals surface area contributed by atoms with Crippen LogP contribution in [0.25, 0.3) is 0 Å². The average Bonchev–Trinajstić information content (AvgIpc) is 2.85. The Morgan fingerprint density at radius 2 is 2.26 bits per heavy atom. The highest BCUT2D eigenvalue weighted by Crippen LogP contribution is 2.31. The molecule has 7 heteroatoms. The molecule has 4 nitrogen and oxygen atoms in total. The lowest BCUT2D eigenvalue weighted by Crippen LogP contribution is -2.49. The number of nitrogens with one attached hydrogen (secondary N) is 1. The number of rotatable bonds is 4. The Morgan fingerprint density at radius 3 is 2.79 bits per heavy atom. The van der Waals surface area contributed by atoms with Crippen LogP contribution < -0.4 is 5.32 Å². The molecule has 0 bridgehead atoms. The molecule has 2 unspecified atom stereocenters. The van der Waals surface area contributed by atoms with Crippen LogP contribution >= 0.6 is 27.3 Å². The van der Waals surface area contributed by atoms with E-state index in [4.69, 9.17) is 0 Å². The highest BCUT2D eigenvalue weighted by molar-refractivity contribution is 9.11. The lowest BCUT2D eigenvalue weighted by molar-refractivity contribution is 0.209. The van der Waals surface area contributed by atoms with Crippen LogP contribution in [0.3, 0.4) is 0 Å². The van der Waals surface area contributed by atoms with Crippen molar-refractivity contribution in [3.8, 4) is 0 Å².